The number of amides is 1. The predicted molar refractivity (Wildman–Crippen MR) is 120 cm³/mol. The van der Waals surface area contributed by atoms with Crippen molar-refractivity contribution in [3.05, 3.63) is 42.0 Å². The highest BCUT2D eigenvalue weighted by atomic mass is 32.2. The summed E-state index contributed by atoms with van der Waals surface area (Å²) in [5.74, 6) is 1.43. The SMILES string of the molecule is CCOc1ccc(S(=O)(=O)N2CCCCC2)cc1NC(=O)Cc1ccc2c(c1)OCCO2. The zero-order valence-corrected chi connectivity index (χ0v) is 18.9. The van der Waals surface area contributed by atoms with Crippen LogP contribution in [0.4, 0.5) is 5.69 Å². The molecule has 2 aliphatic rings. The van der Waals surface area contributed by atoms with E-state index < -0.39 is 10.0 Å². The second-order valence-corrected chi connectivity index (χ2v) is 9.70. The molecule has 2 aromatic carbocycles. The number of anilines is 1. The molecule has 2 aliphatic heterocycles. The van der Waals surface area contributed by atoms with E-state index >= 15 is 0 Å². The van der Waals surface area contributed by atoms with E-state index in [-0.39, 0.29) is 17.2 Å². The first-order chi connectivity index (χ1) is 15.5. The number of nitrogens with zero attached hydrogens (tertiary/aromatic N) is 1. The number of rotatable bonds is 7. The van der Waals surface area contributed by atoms with Crippen LogP contribution in [0.3, 0.4) is 0 Å². The van der Waals surface area contributed by atoms with E-state index in [1.165, 1.54) is 16.4 Å². The minimum absolute atomic E-state index is 0.102. The number of piperidine rings is 1. The largest absolute Gasteiger partial charge is 0.492 e. The van der Waals surface area contributed by atoms with Crippen LogP contribution in [0.1, 0.15) is 31.7 Å². The van der Waals surface area contributed by atoms with Gasteiger partial charge in [-0.1, -0.05) is 12.5 Å². The standard InChI is InChI=1S/C23H28N2O6S/c1-2-29-20-9-7-18(32(27,28)25-10-4-3-5-11-25)16-19(20)24-23(26)15-17-6-8-21-22(14-17)31-13-12-30-21/h6-9,14,16H,2-5,10-13,15H2,1H3,(H,24,26). The highest BCUT2D eigenvalue weighted by Gasteiger charge is 2.27. The Morgan fingerprint density at radius 2 is 1.78 bits per heavy atom. The molecule has 9 heteroatoms. The van der Waals surface area contributed by atoms with Crippen molar-refractivity contribution in [2.75, 3.05) is 38.2 Å². The highest BCUT2D eigenvalue weighted by Crippen LogP contribution is 2.32. The first-order valence-corrected chi connectivity index (χ1v) is 12.4. The predicted octanol–water partition coefficient (Wildman–Crippen LogP) is 3.21. The quantitative estimate of drug-likeness (QED) is 0.682. The molecule has 1 N–H and O–H groups in total. The van der Waals surface area contributed by atoms with Crippen molar-refractivity contribution >= 4 is 21.6 Å². The van der Waals surface area contributed by atoms with Gasteiger partial charge in [0, 0.05) is 13.1 Å². The Labute approximate surface area is 188 Å². The Morgan fingerprint density at radius 1 is 1.03 bits per heavy atom. The smallest absolute Gasteiger partial charge is 0.243 e. The lowest BCUT2D eigenvalue weighted by molar-refractivity contribution is -0.115. The Balaban J connectivity index is 1.53. The van der Waals surface area contributed by atoms with Crippen LogP contribution in [0.25, 0.3) is 0 Å². The fraction of sp³-hybridized carbons (Fsp3) is 0.435. The van der Waals surface area contributed by atoms with Gasteiger partial charge >= 0.3 is 0 Å². The number of ether oxygens (including phenoxy) is 3. The first kappa shape index (κ1) is 22.4. The van der Waals surface area contributed by atoms with Crippen LogP contribution in [-0.4, -0.2) is 51.5 Å². The third-order valence-corrected chi connectivity index (χ3v) is 7.34. The van der Waals surface area contributed by atoms with E-state index in [1.807, 2.05) is 13.0 Å². The molecule has 172 valence electrons. The summed E-state index contributed by atoms with van der Waals surface area (Å²) in [5, 5.41) is 2.82. The zero-order chi connectivity index (χ0) is 22.6. The highest BCUT2D eigenvalue weighted by molar-refractivity contribution is 7.89. The average Bonchev–Trinajstić information content (AvgIpc) is 2.80. The van der Waals surface area contributed by atoms with Gasteiger partial charge in [0.05, 0.1) is 23.6 Å². The van der Waals surface area contributed by atoms with Crippen molar-refractivity contribution in [3.63, 3.8) is 0 Å². The number of hydrogen-bond donors (Lipinski definition) is 1. The Morgan fingerprint density at radius 3 is 2.53 bits per heavy atom. The summed E-state index contributed by atoms with van der Waals surface area (Å²) in [6.07, 6.45) is 2.85. The fourth-order valence-corrected chi connectivity index (χ4v) is 5.42. The molecule has 2 heterocycles. The van der Waals surface area contributed by atoms with Gasteiger partial charge in [-0.2, -0.15) is 4.31 Å². The normalized spacial score (nSPS) is 16.4. The van der Waals surface area contributed by atoms with Crippen molar-refractivity contribution < 1.29 is 27.4 Å². The van der Waals surface area contributed by atoms with Gasteiger partial charge in [-0.05, 0) is 55.7 Å². The summed E-state index contributed by atoms with van der Waals surface area (Å²) < 4.78 is 44.4. The van der Waals surface area contributed by atoms with Gasteiger partial charge in [0.2, 0.25) is 15.9 Å². The molecular formula is C23H28N2O6S. The Hall–Kier alpha value is -2.78. The van der Waals surface area contributed by atoms with Crippen LogP contribution < -0.4 is 19.5 Å². The molecule has 0 unspecified atom stereocenters. The number of fused-ring (bicyclic) bond motifs is 1. The molecule has 4 rings (SSSR count). The summed E-state index contributed by atoms with van der Waals surface area (Å²) in [6, 6.07) is 10.00. The summed E-state index contributed by atoms with van der Waals surface area (Å²) in [6.45, 7) is 4.23. The zero-order valence-electron chi connectivity index (χ0n) is 18.1. The third kappa shape index (κ3) is 4.99. The second kappa shape index (κ2) is 9.79. The maximum Gasteiger partial charge on any atom is 0.243 e. The second-order valence-electron chi connectivity index (χ2n) is 7.76. The summed E-state index contributed by atoms with van der Waals surface area (Å²) >= 11 is 0. The number of benzene rings is 2. The number of nitrogens with one attached hydrogen (secondary N) is 1. The fourth-order valence-electron chi connectivity index (χ4n) is 3.88. The first-order valence-electron chi connectivity index (χ1n) is 10.9. The van der Waals surface area contributed by atoms with E-state index in [0.717, 1.165) is 24.8 Å². The monoisotopic (exact) mass is 460 g/mol. The minimum atomic E-state index is -3.63. The number of carbonyl (C=O) groups is 1. The van der Waals surface area contributed by atoms with Crippen molar-refractivity contribution in [2.45, 2.75) is 37.5 Å². The lowest BCUT2D eigenvalue weighted by atomic mass is 10.1. The van der Waals surface area contributed by atoms with E-state index in [4.69, 9.17) is 14.2 Å². The molecule has 0 spiro atoms. The van der Waals surface area contributed by atoms with Gasteiger partial charge in [0.15, 0.2) is 11.5 Å². The maximum absolute atomic E-state index is 13.1. The number of carbonyl (C=O) groups excluding carboxylic acids is 1. The van der Waals surface area contributed by atoms with Gasteiger partial charge in [-0.15, -0.1) is 0 Å². The summed E-state index contributed by atoms with van der Waals surface area (Å²) in [4.78, 5) is 12.9. The summed E-state index contributed by atoms with van der Waals surface area (Å²) in [7, 11) is -3.63. The molecule has 1 amide bonds. The van der Waals surface area contributed by atoms with Crippen molar-refractivity contribution in [1.82, 2.24) is 4.31 Å². The summed E-state index contributed by atoms with van der Waals surface area (Å²) in [5.41, 5.74) is 1.11. The molecule has 1 fully saturated rings. The molecule has 0 aliphatic carbocycles. The Kier molecular flexibility index (Phi) is 6.86. The van der Waals surface area contributed by atoms with E-state index in [0.29, 0.717) is 55.8 Å². The van der Waals surface area contributed by atoms with Crippen LogP contribution in [-0.2, 0) is 21.2 Å². The lowest BCUT2D eigenvalue weighted by Crippen LogP contribution is -2.35. The van der Waals surface area contributed by atoms with E-state index in [2.05, 4.69) is 5.32 Å². The molecule has 0 aromatic heterocycles. The van der Waals surface area contributed by atoms with Crippen LogP contribution in [0.2, 0.25) is 0 Å². The molecule has 1 saturated heterocycles. The lowest BCUT2D eigenvalue weighted by Gasteiger charge is -2.26. The molecule has 0 saturated carbocycles. The third-order valence-electron chi connectivity index (χ3n) is 5.45. The number of hydrogen-bond acceptors (Lipinski definition) is 6. The van der Waals surface area contributed by atoms with E-state index in [1.54, 1.807) is 18.2 Å². The topological polar surface area (TPSA) is 94.2 Å². The van der Waals surface area contributed by atoms with Gasteiger partial charge in [-0.3, -0.25) is 4.79 Å². The van der Waals surface area contributed by atoms with Crippen LogP contribution in [0, 0.1) is 0 Å². The van der Waals surface area contributed by atoms with Crippen LogP contribution in [0.5, 0.6) is 17.2 Å². The van der Waals surface area contributed by atoms with Gasteiger partial charge in [-0.25, -0.2) is 8.42 Å². The van der Waals surface area contributed by atoms with Crippen LogP contribution >= 0.6 is 0 Å². The maximum atomic E-state index is 13.1. The van der Waals surface area contributed by atoms with E-state index in [9.17, 15) is 13.2 Å². The minimum Gasteiger partial charge on any atom is -0.492 e. The van der Waals surface area contributed by atoms with Crippen molar-refractivity contribution in [3.8, 4) is 17.2 Å². The molecule has 8 nitrogen and oxygen atoms in total. The van der Waals surface area contributed by atoms with Crippen LogP contribution in [0.15, 0.2) is 41.3 Å². The van der Waals surface area contributed by atoms with Gasteiger partial charge in [0.25, 0.3) is 0 Å². The van der Waals surface area contributed by atoms with Gasteiger partial charge < -0.3 is 19.5 Å². The molecular weight excluding hydrogens is 432 g/mol. The average molecular weight is 461 g/mol. The Bertz CT molecular complexity index is 1080. The molecule has 2 aromatic rings. The molecule has 32 heavy (non-hydrogen) atoms. The van der Waals surface area contributed by atoms with Crippen molar-refractivity contribution in [2.24, 2.45) is 0 Å². The van der Waals surface area contributed by atoms with Gasteiger partial charge in [0.1, 0.15) is 19.0 Å². The molecule has 0 bridgehead atoms. The number of sulfonamides is 1. The molecule has 0 radical (unpaired) electrons. The van der Waals surface area contributed by atoms with Crippen molar-refractivity contribution in [1.29, 1.82) is 0 Å². The molecule has 0 atom stereocenters.